The molecular formula is C36H36N6O3. The topological polar surface area (TPSA) is 107 Å². The zero-order valence-electron chi connectivity index (χ0n) is 25.5. The van der Waals surface area contributed by atoms with Gasteiger partial charge >= 0.3 is 0 Å². The largest absolute Gasteiger partial charge is 0.494 e. The van der Waals surface area contributed by atoms with Gasteiger partial charge in [-0.1, -0.05) is 30.3 Å². The minimum atomic E-state index is -0.0142. The number of benzene rings is 3. The lowest BCUT2D eigenvalue weighted by atomic mass is 9.98. The van der Waals surface area contributed by atoms with E-state index in [1.54, 1.807) is 7.11 Å². The van der Waals surface area contributed by atoms with Crippen molar-refractivity contribution in [3.05, 3.63) is 71.3 Å². The highest BCUT2D eigenvalue weighted by atomic mass is 16.5. The van der Waals surface area contributed by atoms with Crippen LogP contribution in [-0.2, 0) is 20.1 Å². The van der Waals surface area contributed by atoms with E-state index in [2.05, 4.69) is 50.8 Å². The summed E-state index contributed by atoms with van der Waals surface area (Å²) in [5.41, 5.74) is 14.7. The fourth-order valence-electron chi connectivity index (χ4n) is 8.14. The number of aromatic nitrogens is 3. The molecule has 2 amide bonds. The average Bonchev–Trinajstić information content (AvgIpc) is 3.27. The molecule has 3 N–H and O–H groups in total. The van der Waals surface area contributed by atoms with Gasteiger partial charge in [0.1, 0.15) is 11.3 Å². The van der Waals surface area contributed by atoms with Crippen LogP contribution in [0.5, 0.6) is 5.75 Å². The summed E-state index contributed by atoms with van der Waals surface area (Å²) in [6, 6.07) is 18.8. The number of amides is 2. The lowest BCUT2D eigenvalue weighted by molar-refractivity contribution is 0.0700. The Morgan fingerprint density at radius 1 is 1.04 bits per heavy atom. The van der Waals surface area contributed by atoms with Crippen LogP contribution in [0, 0.1) is 11.8 Å². The minimum absolute atomic E-state index is 0.000528. The van der Waals surface area contributed by atoms with E-state index in [-0.39, 0.29) is 23.9 Å². The lowest BCUT2D eigenvalue weighted by Crippen LogP contribution is -2.41. The Kier molecular flexibility index (Phi) is 5.75. The van der Waals surface area contributed by atoms with E-state index in [1.807, 2.05) is 30.1 Å². The van der Waals surface area contributed by atoms with Crippen molar-refractivity contribution in [1.29, 1.82) is 0 Å². The monoisotopic (exact) mass is 600 g/mol. The van der Waals surface area contributed by atoms with Crippen LogP contribution in [0.3, 0.4) is 0 Å². The molecule has 3 aromatic carbocycles. The number of piperidine rings is 1. The third-order valence-corrected chi connectivity index (χ3v) is 10.7. The van der Waals surface area contributed by atoms with Crippen LogP contribution in [-0.4, -0.2) is 56.6 Å². The predicted octanol–water partition coefficient (Wildman–Crippen LogP) is 5.09. The molecule has 0 unspecified atom stereocenters. The number of rotatable bonds is 6. The van der Waals surface area contributed by atoms with E-state index in [1.165, 1.54) is 12.8 Å². The molecule has 2 aromatic heterocycles. The molecule has 3 atom stereocenters. The Labute approximate surface area is 261 Å². The smallest absolute Gasteiger partial charge is 0.254 e. The van der Waals surface area contributed by atoms with E-state index in [9.17, 15) is 9.59 Å². The molecule has 45 heavy (non-hydrogen) atoms. The summed E-state index contributed by atoms with van der Waals surface area (Å²) in [5.74, 6) is 2.45. The fraction of sp³-hybridized carbons (Fsp3) is 0.361. The molecule has 1 saturated heterocycles. The van der Waals surface area contributed by atoms with Gasteiger partial charge in [-0.05, 0) is 72.9 Å². The molecule has 0 radical (unpaired) electrons. The zero-order valence-corrected chi connectivity index (χ0v) is 25.5. The second-order valence-corrected chi connectivity index (χ2v) is 13.4. The van der Waals surface area contributed by atoms with E-state index in [0.717, 1.165) is 81.6 Å². The Morgan fingerprint density at radius 2 is 1.91 bits per heavy atom. The van der Waals surface area contributed by atoms with Gasteiger partial charge in [-0.15, -0.1) is 0 Å². The number of hydrogen-bond donors (Lipinski definition) is 2. The summed E-state index contributed by atoms with van der Waals surface area (Å²) in [5, 5.41) is 4.07. The van der Waals surface area contributed by atoms with Crippen molar-refractivity contribution < 1.29 is 14.3 Å². The van der Waals surface area contributed by atoms with Gasteiger partial charge in [-0.3, -0.25) is 9.59 Å². The van der Waals surface area contributed by atoms with Gasteiger partial charge in [0.25, 0.3) is 11.8 Å². The van der Waals surface area contributed by atoms with Crippen molar-refractivity contribution in [2.45, 2.75) is 50.9 Å². The van der Waals surface area contributed by atoms with Gasteiger partial charge in [-0.2, -0.15) is 0 Å². The minimum Gasteiger partial charge on any atom is -0.494 e. The maximum atomic E-state index is 13.8. The first kappa shape index (κ1) is 26.7. The fourth-order valence-corrected chi connectivity index (χ4v) is 8.14. The summed E-state index contributed by atoms with van der Waals surface area (Å²) in [6.07, 6.45) is 4.49. The summed E-state index contributed by atoms with van der Waals surface area (Å²) in [7, 11) is 3.67. The molecular weight excluding hydrogens is 564 g/mol. The SMILES string of the molecule is COc1cc(C(=O)N2C[C@H]3CC[C@@H]2[C@@H]3N)cc2nc(-c3cc4cccc(-c5ccc6c(c5)C(=O)NC6)c4n3CC3CC3)n(C)c12. The number of likely N-dealkylation sites (tertiary alicyclic amines) is 1. The molecule has 9 rings (SSSR count). The standard InChI is InChI=1S/C36H36N6O3/c1-40-33-27(13-24(15-30(33)45-2)36(44)42-18-23-10-11-28(42)31(23)37)39-34(40)29-14-21-4-3-5-25(32(21)41(29)17-19-6-7-19)20-8-9-22-16-38-35(43)26(22)12-20/h3-5,8-9,12-15,19,23,28,31H,6-7,10-11,16-18,37H2,1-2H3,(H,38,43)/t23-,28-,31-/m1/s1. The molecule has 4 aliphatic rings. The second-order valence-electron chi connectivity index (χ2n) is 13.4. The van der Waals surface area contributed by atoms with Crippen LogP contribution in [0.2, 0.25) is 0 Å². The first-order valence-electron chi connectivity index (χ1n) is 16.0. The highest BCUT2D eigenvalue weighted by Crippen LogP contribution is 2.42. The summed E-state index contributed by atoms with van der Waals surface area (Å²) >= 11 is 0. The Balaban J connectivity index is 1.19. The van der Waals surface area contributed by atoms with Gasteiger partial charge in [0.2, 0.25) is 0 Å². The first-order chi connectivity index (χ1) is 21.9. The molecule has 228 valence electrons. The predicted molar refractivity (Wildman–Crippen MR) is 173 cm³/mol. The van der Waals surface area contributed by atoms with Crippen molar-refractivity contribution in [1.82, 2.24) is 24.3 Å². The Hall–Kier alpha value is -4.63. The van der Waals surface area contributed by atoms with Crippen molar-refractivity contribution in [2.24, 2.45) is 24.6 Å². The van der Waals surface area contributed by atoms with Crippen molar-refractivity contribution >= 4 is 33.8 Å². The number of nitrogens with zero attached hydrogens (tertiary/aromatic N) is 4. The first-order valence-corrected chi connectivity index (χ1v) is 16.0. The highest BCUT2D eigenvalue weighted by molar-refractivity contribution is 6.03. The number of nitrogens with two attached hydrogens (primary N) is 1. The van der Waals surface area contributed by atoms with Crippen molar-refractivity contribution in [3.63, 3.8) is 0 Å². The van der Waals surface area contributed by atoms with Gasteiger partial charge < -0.3 is 29.8 Å². The van der Waals surface area contributed by atoms with Gasteiger partial charge in [0, 0.05) is 60.8 Å². The third kappa shape index (κ3) is 3.99. The number of carbonyl (C=O) groups excluding carboxylic acids is 2. The molecule has 9 nitrogen and oxygen atoms in total. The van der Waals surface area contributed by atoms with E-state index in [0.29, 0.717) is 29.7 Å². The number of methoxy groups -OCH3 is 1. The van der Waals surface area contributed by atoms with Crippen molar-refractivity contribution in [3.8, 4) is 28.4 Å². The van der Waals surface area contributed by atoms with Crippen LogP contribution >= 0.6 is 0 Å². The molecule has 2 aliphatic carbocycles. The van der Waals surface area contributed by atoms with E-state index < -0.39 is 0 Å². The van der Waals surface area contributed by atoms with Gasteiger partial charge in [-0.25, -0.2) is 4.98 Å². The van der Waals surface area contributed by atoms with Crippen LogP contribution < -0.4 is 15.8 Å². The second kappa shape index (κ2) is 9.68. The Morgan fingerprint density at radius 3 is 2.67 bits per heavy atom. The van der Waals surface area contributed by atoms with Gasteiger partial charge in [0.15, 0.2) is 5.82 Å². The quantitative estimate of drug-likeness (QED) is 0.283. The maximum Gasteiger partial charge on any atom is 0.254 e. The van der Waals surface area contributed by atoms with Crippen LogP contribution in [0.1, 0.15) is 52.0 Å². The molecule has 4 heterocycles. The number of nitrogens with one attached hydrogen (secondary N) is 1. The average molecular weight is 601 g/mol. The molecule has 0 spiro atoms. The molecule has 3 fully saturated rings. The molecule has 9 heteroatoms. The molecule has 2 aliphatic heterocycles. The molecule has 2 bridgehead atoms. The van der Waals surface area contributed by atoms with Crippen molar-refractivity contribution in [2.75, 3.05) is 13.7 Å². The maximum absolute atomic E-state index is 13.8. The Bertz CT molecular complexity index is 2070. The lowest BCUT2D eigenvalue weighted by Gasteiger charge is -2.27. The van der Waals surface area contributed by atoms with Crippen LogP contribution in [0.25, 0.3) is 44.6 Å². The summed E-state index contributed by atoms with van der Waals surface area (Å²) in [6.45, 7) is 2.19. The van der Waals surface area contributed by atoms with E-state index in [4.69, 9.17) is 15.5 Å². The van der Waals surface area contributed by atoms with E-state index >= 15 is 0 Å². The zero-order chi connectivity index (χ0) is 30.6. The number of imidazole rings is 1. The number of fused-ring (bicyclic) bond motifs is 5. The summed E-state index contributed by atoms with van der Waals surface area (Å²) in [4.78, 5) is 33.4. The van der Waals surface area contributed by atoms with Crippen LogP contribution in [0.4, 0.5) is 0 Å². The number of ether oxygens (including phenoxy) is 1. The normalized spacial score (nSPS) is 22.1. The number of carbonyl (C=O) groups is 2. The summed E-state index contributed by atoms with van der Waals surface area (Å²) < 4.78 is 10.4. The number of hydrogen-bond acceptors (Lipinski definition) is 5. The highest BCUT2D eigenvalue weighted by Gasteiger charge is 2.47. The molecule has 2 saturated carbocycles. The molecule has 5 aromatic rings. The number of para-hydroxylation sites is 1. The van der Waals surface area contributed by atoms with Gasteiger partial charge in [0.05, 0.1) is 23.8 Å². The number of aryl methyl sites for hydroxylation is 1. The van der Waals surface area contributed by atoms with Crippen LogP contribution in [0.15, 0.2) is 54.6 Å². The third-order valence-electron chi connectivity index (χ3n) is 10.7.